The van der Waals surface area contributed by atoms with Crippen molar-refractivity contribution in [2.45, 2.75) is 19.4 Å². The Morgan fingerprint density at radius 2 is 2.26 bits per heavy atom. The van der Waals surface area contributed by atoms with Gasteiger partial charge < -0.3 is 15.4 Å². The van der Waals surface area contributed by atoms with Crippen LogP contribution in [-0.4, -0.2) is 26.2 Å². The fraction of sp³-hybridized carbons (Fsp3) is 0.385. The number of esters is 1. The normalized spacial score (nSPS) is 11.5. The number of nitriles is 1. The monoisotopic (exact) mass is 265 g/mol. The molecule has 0 spiro atoms. The third-order valence-corrected chi connectivity index (χ3v) is 2.95. The summed E-state index contributed by atoms with van der Waals surface area (Å²) in [6.07, 6.45) is 0.244. The molecule has 1 aromatic carbocycles. The smallest absolute Gasteiger partial charge is 0.340 e. The van der Waals surface area contributed by atoms with Crippen LogP contribution in [0.25, 0.3) is 0 Å². The van der Waals surface area contributed by atoms with Crippen LogP contribution in [0.3, 0.4) is 0 Å². The number of carbonyl (C=O) groups excluding carboxylic acids is 1. The van der Waals surface area contributed by atoms with E-state index in [4.69, 9.17) is 11.0 Å². The predicted octanol–water partition coefficient (Wildman–Crippen LogP) is 1.93. The molecule has 0 aromatic heterocycles. The molecule has 0 amide bonds. The average molecular weight is 265 g/mol. The summed E-state index contributed by atoms with van der Waals surface area (Å²) in [6.45, 7) is 1.79. The second kappa shape index (κ2) is 6.05. The molecule has 5 nitrogen and oxygen atoms in total. The number of halogens is 1. The lowest BCUT2D eigenvalue weighted by atomic mass is 10.1. The van der Waals surface area contributed by atoms with Gasteiger partial charge in [0.2, 0.25) is 0 Å². The zero-order valence-corrected chi connectivity index (χ0v) is 11.1. The van der Waals surface area contributed by atoms with Crippen LogP contribution in [0.2, 0.25) is 0 Å². The van der Waals surface area contributed by atoms with Crippen LogP contribution >= 0.6 is 0 Å². The summed E-state index contributed by atoms with van der Waals surface area (Å²) in [5.41, 5.74) is 5.92. The van der Waals surface area contributed by atoms with E-state index in [0.29, 0.717) is 0 Å². The lowest BCUT2D eigenvalue weighted by Crippen LogP contribution is -2.29. The lowest BCUT2D eigenvalue weighted by Gasteiger charge is -2.26. The fourth-order valence-electron chi connectivity index (χ4n) is 1.64. The molecule has 0 heterocycles. The second-order valence-electron chi connectivity index (χ2n) is 4.20. The van der Waals surface area contributed by atoms with Crippen molar-refractivity contribution >= 4 is 17.3 Å². The van der Waals surface area contributed by atoms with Crippen LogP contribution < -0.4 is 10.6 Å². The minimum atomic E-state index is -0.625. The fourth-order valence-corrected chi connectivity index (χ4v) is 1.64. The van der Waals surface area contributed by atoms with E-state index < -0.39 is 11.8 Å². The van der Waals surface area contributed by atoms with Crippen molar-refractivity contribution in [2.75, 3.05) is 24.8 Å². The van der Waals surface area contributed by atoms with Gasteiger partial charge in [-0.2, -0.15) is 5.26 Å². The predicted molar refractivity (Wildman–Crippen MR) is 70.2 cm³/mol. The highest BCUT2D eigenvalue weighted by Gasteiger charge is 2.19. The molecule has 0 aliphatic carbocycles. The number of rotatable bonds is 4. The quantitative estimate of drug-likeness (QED) is 0.664. The maximum Gasteiger partial charge on any atom is 0.340 e. The van der Waals surface area contributed by atoms with Gasteiger partial charge in [-0.3, -0.25) is 0 Å². The van der Waals surface area contributed by atoms with Crippen LogP contribution in [0.15, 0.2) is 12.1 Å². The molecule has 1 unspecified atom stereocenters. The van der Waals surface area contributed by atoms with Crippen molar-refractivity contribution in [1.82, 2.24) is 0 Å². The summed E-state index contributed by atoms with van der Waals surface area (Å²) in [5, 5.41) is 8.66. The first-order chi connectivity index (χ1) is 8.92. The van der Waals surface area contributed by atoms with E-state index in [0.717, 1.165) is 6.07 Å². The molecular formula is C13H16FN3O2. The molecule has 0 aliphatic heterocycles. The van der Waals surface area contributed by atoms with Crippen LogP contribution in [0, 0.1) is 17.1 Å². The van der Waals surface area contributed by atoms with Crippen molar-refractivity contribution in [1.29, 1.82) is 5.26 Å². The third kappa shape index (κ3) is 3.13. The van der Waals surface area contributed by atoms with E-state index in [9.17, 15) is 9.18 Å². The van der Waals surface area contributed by atoms with E-state index in [1.807, 2.05) is 6.07 Å². The first-order valence-electron chi connectivity index (χ1n) is 5.69. The van der Waals surface area contributed by atoms with Crippen molar-refractivity contribution in [2.24, 2.45) is 0 Å². The molecule has 19 heavy (non-hydrogen) atoms. The maximum absolute atomic E-state index is 13.9. The Morgan fingerprint density at radius 3 is 2.79 bits per heavy atom. The highest BCUT2D eigenvalue weighted by Crippen LogP contribution is 2.27. The number of benzene rings is 1. The number of carbonyl (C=O) groups is 1. The minimum Gasteiger partial charge on any atom is -0.465 e. The van der Waals surface area contributed by atoms with Gasteiger partial charge in [-0.25, -0.2) is 9.18 Å². The van der Waals surface area contributed by atoms with Gasteiger partial charge in [0.25, 0.3) is 0 Å². The molecule has 0 saturated carbocycles. The van der Waals surface area contributed by atoms with Gasteiger partial charge in [-0.05, 0) is 19.1 Å². The van der Waals surface area contributed by atoms with Gasteiger partial charge in [-0.1, -0.05) is 0 Å². The Labute approximate surface area is 111 Å². The van der Waals surface area contributed by atoms with Gasteiger partial charge in [0.05, 0.1) is 30.9 Å². The van der Waals surface area contributed by atoms with E-state index in [1.165, 1.54) is 13.2 Å². The lowest BCUT2D eigenvalue weighted by molar-refractivity contribution is 0.0602. The first-order valence-corrected chi connectivity index (χ1v) is 5.69. The third-order valence-electron chi connectivity index (χ3n) is 2.95. The van der Waals surface area contributed by atoms with Gasteiger partial charge in [0.1, 0.15) is 5.82 Å². The van der Waals surface area contributed by atoms with E-state index in [2.05, 4.69) is 4.74 Å². The summed E-state index contributed by atoms with van der Waals surface area (Å²) in [4.78, 5) is 13.1. The number of hydrogen-bond donors (Lipinski definition) is 1. The van der Waals surface area contributed by atoms with Crippen LogP contribution in [0.1, 0.15) is 23.7 Å². The molecule has 1 aromatic rings. The van der Waals surface area contributed by atoms with Crippen molar-refractivity contribution in [3.63, 3.8) is 0 Å². The van der Waals surface area contributed by atoms with Crippen LogP contribution in [0.4, 0.5) is 15.8 Å². The average Bonchev–Trinajstić information content (AvgIpc) is 2.37. The number of nitrogens with two attached hydrogens (primary N) is 1. The number of hydrogen-bond acceptors (Lipinski definition) is 5. The second-order valence-corrected chi connectivity index (χ2v) is 4.20. The van der Waals surface area contributed by atoms with Crippen molar-refractivity contribution in [3.8, 4) is 6.07 Å². The Balaban J connectivity index is 3.21. The van der Waals surface area contributed by atoms with Gasteiger partial charge >= 0.3 is 5.97 Å². The Kier molecular flexibility index (Phi) is 4.70. The highest BCUT2D eigenvalue weighted by molar-refractivity contribution is 5.96. The molecule has 0 bridgehead atoms. The maximum atomic E-state index is 13.9. The molecule has 102 valence electrons. The zero-order valence-electron chi connectivity index (χ0n) is 11.1. The summed E-state index contributed by atoms with van der Waals surface area (Å²) in [7, 11) is 2.88. The summed E-state index contributed by atoms with van der Waals surface area (Å²) in [5.74, 6) is -1.17. The Morgan fingerprint density at radius 1 is 1.63 bits per heavy atom. The largest absolute Gasteiger partial charge is 0.465 e. The first kappa shape index (κ1) is 14.8. The van der Waals surface area contributed by atoms with Crippen LogP contribution in [-0.2, 0) is 4.74 Å². The number of anilines is 2. The molecule has 0 saturated heterocycles. The number of nitrogen functional groups attached to an aromatic ring is 1. The molecule has 1 rings (SSSR count). The Hall–Kier alpha value is -2.29. The van der Waals surface area contributed by atoms with Crippen LogP contribution in [0.5, 0.6) is 0 Å². The topological polar surface area (TPSA) is 79.3 Å². The molecule has 0 radical (unpaired) electrons. The molecule has 0 aliphatic rings. The van der Waals surface area contributed by atoms with Crippen molar-refractivity contribution < 1.29 is 13.9 Å². The standard InChI is InChI=1S/C13H16FN3O2/c1-8(4-5-15)17(2)12-6-9(13(18)19-3)11(16)7-10(12)14/h6-8H,4,16H2,1-3H3. The van der Waals surface area contributed by atoms with E-state index in [1.54, 1.807) is 18.9 Å². The summed E-state index contributed by atoms with van der Waals surface area (Å²) < 4.78 is 18.5. The van der Waals surface area contributed by atoms with Crippen molar-refractivity contribution in [3.05, 3.63) is 23.5 Å². The molecule has 6 heteroatoms. The van der Waals surface area contributed by atoms with Gasteiger partial charge in [-0.15, -0.1) is 0 Å². The zero-order chi connectivity index (χ0) is 14.6. The van der Waals surface area contributed by atoms with Gasteiger partial charge in [0.15, 0.2) is 0 Å². The highest BCUT2D eigenvalue weighted by atomic mass is 19.1. The molecule has 2 N–H and O–H groups in total. The Bertz CT molecular complexity index is 525. The molecular weight excluding hydrogens is 249 g/mol. The number of methoxy groups -OCH3 is 1. The SMILES string of the molecule is COC(=O)c1cc(N(C)C(C)CC#N)c(F)cc1N. The summed E-state index contributed by atoms with van der Waals surface area (Å²) in [6, 6.07) is 4.25. The number of ether oxygens (including phenoxy) is 1. The minimum absolute atomic E-state index is 0.0226. The number of nitrogens with zero attached hydrogens (tertiary/aromatic N) is 2. The van der Waals surface area contributed by atoms with Gasteiger partial charge in [0, 0.05) is 18.8 Å². The van der Waals surface area contributed by atoms with E-state index >= 15 is 0 Å². The summed E-state index contributed by atoms with van der Waals surface area (Å²) >= 11 is 0. The van der Waals surface area contributed by atoms with E-state index in [-0.39, 0.29) is 29.4 Å². The molecule has 0 fully saturated rings. The molecule has 1 atom stereocenters.